The van der Waals surface area contributed by atoms with E-state index in [0.717, 1.165) is 17.8 Å². The Bertz CT molecular complexity index is 622. The Morgan fingerprint density at radius 2 is 2.05 bits per heavy atom. The molecule has 0 saturated heterocycles. The summed E-state index contributed by atoms with van der Waals surface area (Å²) in [5.41, 5.74) is 0.00608. The van der Waals surface area contributed by atoms with E-state index in [9.17, 15) is 13.2 Å². The molecule has 0 spiro atoms. The minimum atomic E-state index is -4.47. The van der Waals surface area contributed by atoms with Gasteiger partial charge in [-0.15, -0.1) is 0 Å². The SMILES string of the molecule is CC(C)NCc1cnn(-c2ncc(C(F)(F)F)cc2Cl)c1. The Morgan fingerprint density at radius 1 is 1.33 bits per heavy atom. The van der Waals surface area contributed by atoms with Crippen LogP contribution in [0, 0.1) is 0 Å². The zero-order valence-electron chi connectivity index (χ0n) is 11.4. The maximum Gasteiger partial charge on any atom is 0.417 e. The molecule has 0 aliphatic carbocycles. The molecule has 2 heterocycles. The molecule has 0 aliphatic rings. The first kappa shape index (κ1) is 15.8. The second-order valence-electron chi connectivity index (χ2n) is 4.86. The number of pyridine rings is 1. The van der Waals surface area contributed by atoms with Crippen LogP contribution in [0.3, 0.4) is 0 Å². The lowest BCUT2D eigenvalue weighted by molar-refractivity contribution is -0.137. The summed E-state index contributed by atoms with van der Waals surface area (Å²) in [5.74, 6) is 0.167. The van der Waals surface area contributed by atoms with Crippen LogP contribution in [0.4, 0.5) is 13.2 Å². The first-order valence-electron chi connectivity index (χ1n) is 6.27. The van der Waals surface area contributed by atoms with Crippen molar-refractivity contribution in [1.29, 1.82) is 0 Å². The van der Waals surface area contributed by atoms with Crippen molar-refractivity contribution in [3.63, 3.8) is 0 Å². The highest BCUT2D eigenvalue weighted by atomic mass is 35.5. The molecule has 2 aromatic heterocycles. The van der Waals surface area contributed by atoms with Crippen molar-refractivity contribution in [3.8, 4) is 5.82 Å². The van der Waals surface area contributed by atoms with E-state index in [1.165, 1.54) is 4.68 Å². The lowest BCUT2D eigenvalue weighted by Gasteiger charge is -2.09. The summed E-state index contributed by atoms with van der Waals surface area (Å²) in [5, 5.41) is 7.18. The molecule has 0 fully saturated rings. The minimum absolute atomic E-state index is 0.101. The van der Waals surface area contributed by atoms with Gasteiger partial charge < -0.3 is 5.32 Å². The van der Waals surface area contributed by atoms with Crippen molar-refractivity contribution in [2.24, 2.45) is 0 Å². The average Bonchev–Trinajstić information content (AvgIpc) is 2.83. The number of nitrogens with zero attached hydrogens (tertiary/aromatic N) is 3. The molecule has 114 valence electrons. The van der Waals surface area contributed by atoms with Gasteiger partial charge in [0.1, 0.15) is 0 Å². The smallest absolute Gasteiger partial charge is 0.310 e. The second kappa shape index (κ2) is 6.03. The van der Waals surface area contributed by atoms with E-state index in [1.807, 2.05) is 13.8 Å². The average molecular weight is 319 g/mol. The molecule has 0 unspecified atom stereocenters. The molecular weight excluding hydrogens is 305 g/mol. The molecule has 0 amide bonds. The van der Waals surface area contributed by atoms with Crippen molar-refractivity contribution in [3.05, 3.63) is 40.8 Å². The first-order chi connectivity index (χ1) is 9.77. The lowest BCUT2D eigenvalue weighted by Crippen LogP contribution is -2.21. The van der Waals surface area contributed by atoms with Crippen LogP contribution in [0.15, 0.2) is 24.7 Å². The third kappa shape index (κ3) is 3.95. The molecular formula is C13H14ClF3N4. The molecule has 4 nitrogen and oxygen atoms in total. The normalized spacial score (nSPS) is 12.1. The van der Waals surface area contributed by atoms with Gasteiger partial charge >= 0.3 is 6.18 Å². The molecule has 21 heavy (non-hydrogen) atoms. The molecule has 2 rings (SSSR count). The van der Waals surface area contributed by atoms with Gasteiger partial charge in [0.15, 0.2) is 5.82 Å². The van der Waals surface area contributed by atoms with Crippen LogP contribution in [-0.4, -0.2) is 20.8 Å². The van der Waals surface area contributed by atoms with Crippen LogP contribution in [-0.2, 0) is 12.7 Å². The van der Waals surface area contributed by atoms with E-state index in [4.69, 9.17) is 11.6 Å². The van der Waals surface area contributed by atoms with E-state index in [2.05, 4.69) is 15.4 Å². The highest BCUT2D eigenvalue weighted by molar-refractivity contribution is 6.32. The monoisotopic (exact) mass is 318 g/mol. The maximum absolute atomic E-state index is 12.6. The van der Waals surface area contributed by atoms with Crippen molar-refractivity contribution >= 4 is 11.6 Å². The van der Waals surface area contributed by atoms with Crippen LogP contribution in [0.25, 0.3) is 5.82 Å². The van der Waals surface area contributed by atoms with Gasteiger partial charge in [-0.2, -0.15) is 18.3 Å². The van der Waals surface area contributed by atoms with Gasteiger partial charge in [-0.3, -0.25) is 0 Å². The number of hydrogen-bond donors (Lipinski definition) is 1. The zero-order chi connectivity index (χ0) is 15.6. The standard InChI is InChI=1S/C13H14ClF3N4/c1-8(2)18-4-9-5-20-21(7-9)12-11(14)3-10(6-19-12)13(15,16)17/h3,5-8,18H,4H2,1-2H3. The highest BCUT2D eigenvalue weighted by Crippen LogP contribution is 2.31. The summed E-state index contributed by atoms with van der Waals surface area (Å²) in [4.78, 5) is 3.75. The van der Waals surface area contributed by atoms with Crippen LogP contribution in [0.5, 0.6) is 0 Å². The molecule has 0 aliphatic heterocycles. The third-order valence-corrected chi connectivity index (χ3v) is 2.99. The quantitative estimate of drug-likeness (QED) is 0.939. The predicted molar refractivity (Wildman–Crippen MR) is 73.3 cm³/mol. The Balaban J connectivity index is 2.23. The summed E-state index contributed by atoms with van der Waals surface area (Å²) < 4.78 is 39.0. The predicted octanol–water partition coefficient (Wildman–Crippen LogP) is 3.44. The van der Waals surface area contributed by atoms with Crippen molar-refractivity contribution in [1.82, 2.24) is 20.1 Å². The van der Waals surface area contributed by atoms with E-state index in [1.54, 1.807) is 12.4 Å². The zero-order valence-corrected chi connectivity index (χ0v) is 12.2. The number of nitrogens with one attached hydrogen (secondary N) is 1. The number of alkyl halides is 3. The second-order valence-corrected chi connectivity index (χ2v) is 5.26. The maximum atomic E-state index is 12.6. The van der Waals surface area contributed by atoms with Crippen molar-refractivity contribution in [2.45, 2.75) is 32.6 Å². The fourth-order valence-electron chi connectivity index (χ4n) is 1.64. The van der Waals surface area contributed by atoms with Crippen LogP contribution < -0.4 is 5.32 Å². The van der Waals surface area contributed by atoms with Gasteiger partial charge in [0, 0.05) is 30.5 Å². The van der Waals surface area contributed by atoms with Gasteiger partial charge in [-0.25, -0.2) is 9.67 Å². The molecule has 2 aromatic rings. The summed E-state index contributed by atoms with van der Waals surface area (Å²) >= 11 is 5.87. The van der Waals surface area contributed by atoms with E-state index < -0.39 is 11.7 Å². The Hall–Kier alpha value is -1.60. The fourth-order valence-corrected chi connectivity index (χ4v) is 1.90. The lowest BCUT2D eigenvalue weighted by atomic mass is 10.3. The molecule has 0 aromatic carbocycles. The van der Waals surface area contributed by atoms with Gasteiger partial charge in [0.05, 0.1) is 16.8 Å². The summed E-state index contributed by atoms with van der Waals surface area (Å²) in [6.45, 7) is 4.63. The number of aromatic nitrogens is 3. The number of halogens is 4. The van der Waals surface area contributed by atoms with Gasteiger partial charge in [0.25, 0.3) is 0 Å². The summed E-state index contributed by atoms with van der Waals surface area (Å²) in [6, 6.07) is 1.17. The summed E-state index contributed by atoms with van der Waals surface area (Å²) in [6.07, 6.45) is -0.428. The van der Waals surface area contributed by atoms with Crippen LogP contribution >= 0.6 is 11.6 Å². The molecule has 1 N–H and O–H groups in total. The Morgan fingerprint density at radius 3 is 2.62 bits per heavy atom. The molecule has 0 radical (unpaired) electrons. The largest absolute Gasteiger partial charge is 0.417 e. The Kier molecular flexibility index (Phi) is 4.53. The number of hydrogen-bond acceptors (Lipinski definition) is 3. The third-order valence-electron chi connectivity index (χ3n) is 2.72. The molecule has 0 atom stereocenters. The molecule has 8 heteroatoms. The molecule has 0 bridgehead atoms. The van der Waals surface area contributed by atoms with Gasteiger partial charge in [-0.1, -0.05) is 25.4 Å². The highest BCUT2D eigenvalue weighted by Gasteiger charge is 2.31. The van der Waals surface area contributed by atoms with E-state index in [0.29, 0.717) is 12.6 Å². The number of rotatable bonds is 4. The minimum Gasteiger partial charge on any atom is -0.310 e. The van der Waals surface area contributed by atoms with Crippen LogP contribution in [0.1, 0.15) is 25.0 Å². The van der Waals surface area contributed by atoms with Crippen molar-refractivity contribution < 1.29 is 13.2 Å². The summed E-state index contributed by atoms with van der Waals surface area (Å²) in [7, 11) is 0. The fraction of sp³-hybridized carbons (Fsp3) is 0.385. The first-order valence-corrected chi connectivity index (χ1v) is 6.65. The topological polar surface area (TPSA) is 42.7 Å². The van der Waals surface area contributed by atoms with E-state index in [-0.39, 0.29) is 10.8 Å². The van der Waals surface area contributed by atoms with Crippen molar-refractivity contribution in [2.75, 3.05) is 0 Å². The van der Waals surface area contributed by atoms with Gasteiger partial charge in [0.2, 0.25) is 0 Å². The Labute approximate surface area is 124 Å². The van der Waals surface area contributed by atoms with Crippen LogP contribution in [0.2, 0.25) is 5.02 Å². The van der Waals surface area contributed by atoms with Gasteiger partial charge in [-0.05, 0) is 6.07 Å². The molecule has 0 saturated carbocycles. The van der Waals surface area contributed by atoms with E-state index >= 15 is 0 Å².